The summed E-state index contributed by atoms with van der Waals surface area (Å²) >= 11 is 0. The maximum Gasteiger partial charge on any atom is 0.340 e. The van der Waals surface area contributed by atoms with Crippen molar-refractivity contribution in [3.63, 3.8) is 0 Å². The molecule has 3 nitrogen and oxygen atoms in total. The van der Waals surface area contributed by atoms with Gasteiger partial charge in [-0.05, 0) is 6.07 Å². The van der Waals surface area contributed by atoms with E-state index in [4.69, 9.17) is 5.73 Å². The molecule has 0 radical (unpaired) electrons. The number of benzene rings is 1. The van der Waals surface area contributed by atoms with Crippen LogP contribution < -0.4 is 5.73 Å². The van der Waals surface area contributed by atoms with Gasteiger partial charge in [-0.3, -0.25) is 0 Å². The second kappa shape index (κ2) is 4.15. The van der Waals surface area contributed by atoms with E-state index in [9.17, 15) is 13.6 Å². The summed E-state index contributed by atoms with van der Waals surface area (Å²) in [5.41, 5.74) is 4.75. The van der Waals surface area contributed by atoms with E-state index in [1.807, 2.05) is 0 Å². The molecule has 1 aromatic rings. The number of nitrogens with two attached hydrogens (primary N) is 1. The standard InChI is InChI=1S/C9H9F2NO2/c1-14-9(13)6-3-2-5(4-12)7(10)8(6)11/h2-3H,4,12H2,1H3. The Hall–Kier alpha value is -1.49. The van der Waals surface area contributed by atoms with Crippen LogP contribution >= 0.6 is 0 Å². The van der Waals surface area contributed by atoms with Crippen molar-refractivity contribution in [3.8, 4) is 0 Å². The molecular formula is C9H9F2NO2. The Bertz CT molecular complexity index is 366. The van der Waals surface area contributed by atoms with E-state index in [0.717, 1.165) is 13.2 Å². The molecule has 14 heavy (non-hydrogen) atoms. The Morgan fingerprint density at radius 2 is 2.07 bits per heavy atom. The van der Waals surface area contributed by atoms with Crippen LogP contribution in [0.25, 0.3) is 0 Å². The highest BCUT2D eigenvalue weighted by Crippen LogP contribution is 2.16. The van der Waals surface area contributed by atoms with Crippen LogP contribution in [0, 0.1) is 11.6 Å². The fourth-order valence-electron chi connectivity index (χ4n) is 1.01. The lowest BCUT2D eigenvalue weighted by Gasteiger charge is -2.04. The number of halogens is 2. The van der Waals surface area contributed by atoms with Gasteiger partial charge in [0.25, 0.3) is 0 Å². The van der Waals surface area contributed by atoms with E-state index in [1.54, 1.807) is 0 Å². The lowest BCUT2D eigenvalue weighted by Crippen LogP contribution is -2.09. The minimum absolute atomic E-state index is 0.0233. The summed E-state index contributed by atoms with van der Waals surface area (Å²) in [6.45, 7) is -0.121. The zero-order valence-electron chi connectivity index (χ0n) is 7.51. The van der Waals surface area contributed by atoms with E-state index in [0.29, 0.717) is 0 Å². The van der Waals surface area contributed by atoms with Gasteiger partial charge in [0, 0.05) is 12.1 Å². The molecule has 2 N–H and O–H groups in total. The third-order valence-corrected chi connectivity index (χ3v) is 1.79. The van der Waals surface area contributed by atoms with Gasteiger partial charge in [-0.1, -0.05) is 6.07 Å². The SMILES string of the molecule is COC(=O)c1ccc(CN)c(F)c1F. The second-order valence-electron chi connectivity index (χ2n) is 2.60. The first kappa shape index (κ1) is 10.6. The van der Waals surface area contributed by atoms with Crippen LogP contribution in [-0.2, 0) is 11.3 Å². The fraction of sp³-hybridized carbons (Fsp3) is 0.222. The molecule has 0 unspecified atom stereocenters. The third kappa shape index (κ3) is 1.72. The predicted molar refractivity (Wildman–Crippen MR) is 45.6 cm³/mol. The number of carbonyl (C=O) groups excluding carboxylic acids is 1. The van der Waals surface area contributed by atoms with Gasteiger partial charge >= 0.3 is 5.97 Å². The summed E-state index contributed by atoms with van der Waals surface area (Å²) in [6.07, 6.45) is 0. The monoisotopic (exact) mass is 201 g/mol. The van der Waals surface area contributed by atoms with E-state index in [1.165, 1.54) is 6.07 Å². The average molecular weight is 201 g/mol. The molecule has 1 aromatic carbocycles. The molecule has 0 aliphatic rings. The first-order chi connectivity index (χ1) is 6.61. The number of methoxy groups -OCH3 is 1. The van der Waals surface area contributed by atoms with Crippen molar-refractivity contribution in [2.45, 2.75) is 6.54 Å². The molecule has 0 atom stereocenters. The number of rotatable bonds is 2. The van der Waals surface area contributed by atoms with Crippen molar-refractivity contribution in [1.29, 1.82) is 0 Å². The lowest BCUT2D eigenvalue weighted by molar-refractivity contribution is 0.0594. The minimum Gasteiger partial charge on any atom is -0.465 e. The van der Waals surface area contributed by atoms with Crippen LogP contribution in [0.2, 0.25) is 0 Å². The number of carbonyl (C=O) groups is 1. The first-order valence-corrected chi connectivity index (χ1v) is 3.87. The Balaban J connectivity index is 3.24. The number of hydrogen-bond acceptors (Lipinski definition) is 3. The van der Waals surface area contributed by atoms with Gasteiger partial charge in [-0.25, -0.2) is 13.6 Å². The molecule has 5 heteroatoms. The summed E-state index contributed by atoms with van der Waals surface area (Å²) in [7, 11) is 1.09. The second-order valence-corrected chi connectivity index (χ2v) is 2.60. The van der Waals surface area contributed by atoms with Crippen molar-refractivity contribution in [3.05, 3.63) is 34.9 Å². The van der Waals surface area contributed by atoms with Crippen LogP contribution in [0.1, 0.15) is 15.9 Å². The Labute approximate surface area is 79.5 Å². The fourth-order valence-corrected chi connectivity index (χ4v) is 1.01. The minimum atomic E-state index is -1.22. The van der Waals surface area contributed by atoms with Crippen LogP contribution in [0.4, 0.5) is 8.78 Å². The van der Waals surface area contributed by atoms with Crippen LogP contribution in [0.3, 0.4) is 0 Å². The molecule has 0 aliphatic carbocycles. The van der Waals surface area contributed by atoms with Crippen molar-refractivity contribution < 1.29 is 18.3 Å². The third-order valence-electron chi connectivity index (χ3n) is 1.79. The van der Waals surface area contributed by atoms with E-state index >= 15 is 0 Å². The Morgan fingerprint density at radius 1 is 1.43 bits per heavy atom. The van der Waals surface area contributed by atoms with Gasteiger partial charge in [0.05, 0.1) is 12.7 Å². The zero-order valence-corrected chi connectivity index (χ0v) is 7.51. The molecule has 0 aliphatic heterocycles. The molecule has 0 aromatic heterocycles. The number of ether oxygens (including phenoxy) is 1. The predicted octanol–water partition coefficient (Wildman–Crippen LogP) is 1.21. The maximum absolute atomic E-state index is 13.2. The zero-order chi connectivity index (χ0) is 10.7. The maximum atomic E-state index is 13.2. The number of hydrogen-bond donors (Lipinski definition) is 1. The highest BCUT2D eigenvalue weighted by molar-refractivity contribution is 5.89. The molecule has 1 rings (SSSR count). The van der Waals surface area contributed by atoms with E-state index in [2.05, 4.69) is 4.74 Å². The quantitative estimate of drug-likeness (QED) is 0.731. The van der Waals surface area contributed by atoms with Crippen molar-refractivity contribution in [2.24, 2.45) is 5.73 Å². The van der Waals surface area contributed by atoms with Crippen LogP contribution in [0.15, 0.2) is 12.1 Å². The molecule has 76 valence electrons. The highest BCUT2D eigenvalue weighted by atomic mass is 19.2. The molecule has 0 fully saturated rings. The van der Waals surface area contributed by atoms with Crippen molar-refractivity contribution in [1.82, 2.24) is 0 Å². The Kier molecular flexibility index (Phi) is 3.14. The van der Waals surface area contributed by atoms with E-state index < -0.39 is 23.2 Å². The molecule has 0 saturated carbocycles. The van der Waals surface area contributed by atoms with Gasteiger partial charge in [0.1, 0.15) is 0 Å². The van der Waals surface area contributed by atoms with Gasteiger partial charge in [0.2, 0.25) is 0 Å². The molecule has 0 heterocycles. The molecule has 0 amide bonds. The summed E-state index contributed by atoms with van der Waals surface area (Å²) in [6, 6.07) is 2.40. The molecular weight excluding hydrogens is 192 g/mol. The van der Waals surface area contributed by atoms with Crippen LogP contribution in [0.5, 0.6) is 0 Å². The molecule has 0 bridgehead atoms. The van der Waals surface area contributed by atoms with Gasteiger partial charge in [-0.15, -0.1) is 0 Å². The highest BCUT2D eigenvalue weighted by Gasteiger charge is 2.17. The van der Waals surface area contributed by atoms with E-state index in [-0.39, 0.29) is 12.1 Å². The molecule has 0 spiro atoms. The summed E-state index contributed by atoms with van der Waals surface area (Å²) in [5.74, 6) is -3.24. The summed E-state index contributed by atoms with van der Waals surface area (Å²) < 4.78 is 30.5. The lowest BCUT2D eigenvalue weighted by atomic mass is 10.1. The van der Waals surface area contributed by atoms with Crippen molar-refractivity contribution >= 4 is 5.97 Å². The average Bonchev–Trinajstić information content (AvgIpc) is 2.21. The normalized spacial score (nSPS) is 10.0. The van der Waals surface area contributed by atoms with Gasteiger partial charge < -0.3 is 10.5 Å². The van der Waals surface area contributed by atoms with Crippen molar-refractivity contribution in [2.75, 3.05) is 7.11 Å². The number of esters is 1. The largest absolute Gasteiger partial charge is 0.465 e. The summed E-state index contributed by atoms with van der Waals surface area (Å²) in [4.78, 5) is 10.9. The Morgan fingerprint density at radius 3 is 2.57 bits per heavy atom. The molecule has 0 saturated heterocycles. The van der Waals surface area contributed by atoms with Gasteiger partial charge in [-0.2, -0.15) is 0 Å². The smallest absolute Gasteiger partial charge is 0.340 e. The first-order valence-electron chi connectivity index (χ1n) is 3.87. The summed E-state index contributed by atoms with van der Waals surface area (Å²) in [5, 5.41) is 0. The topological polar surface area (TPSA) is 52.3 Å². The van der Waals surface area contributed by atoms with Gasteiger partial charge in [0.15, 0.2) is 11.6 Å². The van der Waals surface area contributed by atoms with Crippen LogP contribution in [-0.4, -0.2) is 13.1 Å².